The number of nitrogens with two attached hydrogens (primary N) is 1. The smallest absolute Gasteiger partial charge is 0.350 e. The van der Waals surface area contributed by atoms with Crippen LogP contribution in [0.5, 0.6) is 0 Å². The Balaban J connectivity index is 2.03. The molecule has 2 heterocycles. The van der Waals surface area contributed by atoms with Gasteiger partial charge >= 0.3 is 5.97 Å². The van der Waals surface area contributed by atoms with Crippen molar-refractivity contribution in [1.29, 1.82) is 0 Å². The van der Waals surface area contributed by atoms with Gasteiger partial charge in [0.1, 0.15) is 14.7 Å². The van der Waals surface area contributed by atoms with E-state index in [1.54, 1.807) is 6.07 Å². The number of anilines is 2. The minimum atomic E-state index is -2.86. The van der Waals surface area contributed by atoms with Gasteiger partial charge in [-0.3, -0.25) is 0 Å². The number of hydrogen-bond donors (Lipinski definition) is 2. The molecule has 1 aliphatic rings. The third-order valence-electron chi connectivity index (χ3n) is 3.03. The summed E-state index contributed by atoms with van der Waals surface area (Å²) < 4.78 is 27.3. The molecule has 0 unspecified atom stereocenters. The average molecular weight is 304 g/mol. The van der Waals surface area contributed by atoms with Crippen molar-refractivity contribution in [3.05, 3.63) is 10.9 Å². The average Bonchev–Trinajstić information content (AvgIpc) is 2.72. The van der Waals surface area contributed by atoms with Crippen LogP contribution in [0, 0.1) is 0 Å². The lowest BCUT2D eigenvalue weighted by atomic mass is 10.1. The molecule has 1 fully saturated rings. The molecule has 0 spiro atoms. The van der Waals surface area contributed by atoms with Gasteiger partial charge in [-0.05, 0) is 18.9 Å². The summed E-state index contributed by atoms with van der Waals surface area (Å²) in [6.45, 7) is 0. The van der Waals surface area contributed by atoms with E-state index >= 15 is 0 Å². The number of sulfone groups is 1. The van der Waals surface area contributed by atoms with Crippen molar-refractivity contribution in [2.45, 2.75) is 18.9 Å². The van der Waals surface area contributed by atoms with Crippen molar-refractivity contribution in [1.82, 2.24) is 0 Å². The quantitative estimate of drug-likeness (QED) is 0.812. The van der Waals surface area contributed by atoms with Gasteiger partial charge in [0.25, 0.3) is 0 Å². The molecule has 1 aromatic rings. The van der Waals surface area contributed by atoms with Crippen LogP contribution in [-0.2, 0) is 14.6 Å². The Morgan fingerprint density at radius 1 is 1.47 bits per heavy atom. The molecule has 0 saturated carbocycles. The van der Waals surface area contributed by atoms with Gasteiger partial charge in [0, 0.05) is 6.04 Å². The van der Waals surface area contributed by atoms with Crippen LogP contribution in [0.1, 0.15) is 22.5 Å². The summed E-state index contributed by atoms with van der Waals surface area (Å²) in [5.41, 5.74) is 6.12. The van der Waals surface area contributed by atoms with E-state index in [2.05, 4.69) is 10.1 Å². The van der Waals surface area contributed by atoms with Crippen LogP contribution in [0.15, 0.2) is 6.07 Å². The summed E-state index contributed by atoms with van der Waals surface area (Å²) in [6, 6.07) is 1.78. The van der Waals surface area contributed by atoms with Gasteiger partial charge in [-0.2, -0.15) is 0 Å². The number of nitrogens with one attached hydrogen (secondary N) is 1. The molecule has 1 aliphatic heterocycles. The summed E-state index contributed by atoms with van der Waals surface area (Å²) in [5.74, 6) is -0.0492. The molecule has 0 aliphatic carbocycles. The van der Waals surface area contributed by atoms with Crippen LogP contribution in [0.3, 0.4) is 0 Å². The minimum absolute atomic E-state index is 0.104. The van der Waals surface area contributed by atoms with Crippen molar-refractivity contribution in [3.63, 3.8) is 0 Å². The Hall–Kier alpha value is -1.28. The number of esters is 1. The van der Waals surface area contributed by atoms with E-state index in [1.165, 1.54) is 18.4 Å². The zero-order chi connectivity index (χ0) is 14.0. The van der Waals surface area contributed by atoms with Gasteiger partial charge in [-0.1, -0.05) is 0 Å². The van der Waals surface area contributed by atoms with Crippen molar-refractivity contribution < 1.29 is 17.9 Å². The Morgan fingerprint density at radius 3 is 2.68 bits per heavy atom. The van der Waals surface area contributed by atoms with E-state index in [1.807, 2.05) is 0 Å². The number of rotatable bonds is 3. The van der Waals surface area contributed by atoms with E-state index in [4.69, 9.17) is 5.73 Å². The largest absolute Gasteiger partial charge is 0.465 e. The van der Waals surface area contributed by atoms with E-state index < -0.39 is 15.8 Å². The second-order valence-corrected chi connectivity index (χ2v) is 7.81. The van der Waals surface area contributed by atoms with Crippen molar-refractivity contribution in [2.75, 3.05) is 29.7 Å². The highest BCUT2D eigenvalue weighted by atomic mass is 32.2. The van der Waals surface area contributed by atoms with Gasteiger partial charge < -0.3 is 15.8 Å². The first kappa shape index (κ1) is 14.1. The number of methoxy groups -OCH3 is 1. The molecule has 0 bridgehead atoms. The van der Waals surface area contributed by atoms with E-state index in [0.717, 1.165) is 5.00 Å². The summed E-state index contributed by atoms with van der Waals surface area (Å²) >= 11 is 1.23. The summed E-state index contributed by atoms with van der Waals surface area (Å²) in [4.78, 5) is 11.8. The maximum absolute atomic E-state index is 11.4. The molecule has 8 heteroatoms. The first-order valence-corrected chi connectivity index (χ1v) is 8.49. The van der Waals surface area contributed by atoms with Crippen LogP contribution >= 0.6 is 11.3 Å². The number of ether oxygens (including phenoxy) is 1. The van der Waals surface area contributed by atoms with Gasteiger partial charge in [-0.25, -0.2) is 13.2 Å². The zero-order valence-electron chi connectivity index (χ0n) is 10.5. The molecular weight excluding hydrogens is 288 g/mol. The molecule has 3 N–H and O–H groups in total. The Kier molecular flexibility index (Phi) is 4.00. The van der Waals surface area contributed by atoms with E-state index in [0.29, 0.717) is 23.4 Å². The number of carbonyl (C=O) groups is 1. The molecule has 1 saturated heterocycles. The van der Waals surface area contributed by atoms with Crippen LogP contribution < -0.4 is 11.1 Å². The monoisotopic (exact) mass is 304 g/mol. The second kappa shape index (κ2) is 5.38. The molecule has 2 rings (SSSR count). The third-order valence-corrected chi connectivity index (χ3v) is 5.81. The Morgan fingerprint density at radius 2 is 2.11 bits per heavy atom. The van der Waals surface area contributed by atoms with Crippen molar-refractivity contribution in [2.24, 2.45) is 0 Å². The summed E-state index contributed by atoms with van der Waals surface area (Å²) in [5, 5.41) is 3.99. The number of thiophene rings is 1. The van der Waals surface area contributed by atoms with Gasteiger partial charge in [-0.15, -0.1) is 11.3 Å². The highest BCUT2D eigenvalue weighted by molar-refractivity contribution is 7.91. The van der Waals surface area contributed by atoms with Crippen LogP contribution in [0.4, 0.5) is 10.7 Å². The van der Waals surface area contributed by atoms with Crippen molar-refractivity contribution >= 4 is 37.8 Å². The molecule has 0 radical (unpaired) electrons. The fraction of sp³-hybridized carbons (Fsp3) is 0.545. The maximum Gasteiger partial charge on any atom is 0.350 e. The summed E-state index contributed by atoms with van der Waals surface area (Å²) in [6.07, 6.45) is 1.15. The highest BCUT2D eigenvalue weighted by Crippen LogP contribution is 2.31. The van der Waals surface area contributed by atoms with E-state index in [-0.39, 0.29) is 17.5 Å². The molecule has 106 valence electrons. The molecule has 0 amide bonds. The number of carbonyl (C=O) groups excluding carboxylic acids is 1. The molecule has 1 aromatic heterocycles. The highest BCUT2D eigenvalue weighted by Gasteiger charge is 2.24. The molecule has 0 atom stereocenters. The van der Waals surface area contributed by atoms with Gasteiger partial charge in [0.2, 0.25) is 0 Å². The van der Waals surface area contributed by atoms with Crippen molar-refractivity contribution in [3.8, 4) is 0 Å². The lowest BCUT2D eigenvalue weighted by Gasteiger charge is -2.23. The Labute approximate surface area is 115 Å². The predicted molar refractivity (Wildman–Crippen MR) is 75.4 cm³/mol. The second-order valence-electron chi connectivity index (χ2n) is 4.46. The fourth-order valence-corrected chi connectivity index (χ4v) is 4.43. The zero-order valence-corrected chi connectivity index (χ0v) is 12.1. The first-order valence-electron chi connectivity index (χ1n) is 5.86. The van der Waals surface area contributed by atoms with Gasteiger partial charge in [0.05, 0.1) is 29.3 Å². The maximum atomic E-state index is 11.4. The lowest BCUT2D eigenvalue weighted by Crippen LogP contribution is -2.31. The topological polar surface area (TPSA) is 98.5 Å². The molecule has 0 aromatic carbocycles. The first-order chi connectivity index (χ1) is 8.91. The molecule has 19 heavy (non-hydrogen) atoms. The SMILES string of the molecule is COC(=O)c1sc(NC2CCS(=O)(=O)CC2)cc1N. The summed E-state index contributed by atoms with van der Waals surface area (Å²) in [7, 11) is -1.56. The van der Waals surface area contributed by atoms with Crippen LogP contribution in [0.2, 0.25) is 0 Å². The van der Waals surface area contributed by atoms with Crippen LogP contribution in [0.25, 0.3) is 0 Å². The number of hydrogen-bond acceptors (Lipinski definition) is 7. The standard InChI is InChI=1S/C11H16N2O4S2/c1-17-11(14)10-8(12)6-9(18-10)13-7-2-4-19(15,16)5-3-7/h6-7,13H,2-5,12H2,1H3. The number of nitrogen functional groups attached to an aromatic ring is 1. The fourth-order valence-electron chi connectivity index (χ4n) is 1.96. The van der Waals surface area contributed by atoms with Crippen LogP contribution in [-0.4, -0.2) is 39.0 Å². The minimum Gasteiger partial charge on any atom is -0.465 e. The molecular formula is C11H16N2O4S2. The third kappa shape index (κ3) is 3.38. The van der Waals surface area contributed by atoms with Gasteiger partial charge in [0.15, 0.2) is 0 Å². The lowest BCUT2D eigenvalue weighted by molar-refractivity contribution is 0.0607. The Bertz CT molecular complexity index is 566. The molecule has 6 nitrogen and oxygen atoms in total. The predicted octanol–water partition coefficient (Wildman–Crippen LogP) is 1.11. The normalized spacial score (nSPS) is 19.0. The van der Waals surface area contributed by atoms with E-state index in [9.17, 15) is 13.2 Å².